The van der Waals surface area contributed by atoms with Gasteiger partial charge in [0.25, 0.3) is 5.56 Å². The van der Waals surface area contributed by atoms with Crippen molar-refractivity contribution in [3.05, 3.63) is 45.9 Å². The van der Waals surface area contributed by atoms with Crippen molar-refractivity contribution in [1.29, 1.82) is 0 Å². The van der Waals surface area contributed by atoms with Gasteiger partial charge in [-0.2, -0.15) is 10.1 Å². The normalized spacial score (nSPS) is 16.7. The minimum Gasteiger partial charge on any atom is -0.496 e. The van der Waals surface area contributed by atoms with Gasteiger partial charge in [0.2, 0.25) is 5.95 Å². The third kappa shape index (κ3) is 2.64. The molecule has 0 saturated heterocycles. The van der Waals surface area contributed by atoms with Crippen LogP contribution in [0.2, 0.25) is 0 Å². The highest BCUT2D eigenvalue weighted by atomic mass is 16.5. The fraction of sp³-hybridized carbons (Fsp3) is 0.421. The van der Waals surface area contributed by atoms with Crippen LogP contribution in [0.15, 0.2) is 29.2 Å². The second-order valence-electron chi connectivity index (χ2n) is 7.64. The predicted octanol–water partition coefficient (Wildman–Crippen LogP) is 2.98. The molecular formula is C19H23N5O2. The first-order chi connectivity index (χ1) is 12.4. The van der Waals surface area contributed by atoms with Crippen LogP contribution in [0.5, 0.6) is 5.75 Å². The van der Waals surface area contributed by atoms with Crippen LogP contribution < -0.4 is 15.6 Å². The van der Waals surface area contributed by atoms with Crippen LogP contribution in [-0.2, 0) is 12.0 Å². The molecule has 1 aromatic carbocycles. The molecule has 136 valence electrons. The fourth-order valence-corrected chi connectivity index (χ4v) is 3.60. The Labute approximate surface area is 151 Å². The molecule has 0 saturated carbocycles. The number of ether oxygens (including phenoxy) is 1. The summed E-state index contributed by atoms with van der Waals surface area (Å²) in [5.74, 6) is 1.38. The minimum atomic E-state index is -0.257. The van der Waals surface area contributed by atoms with Gasteiger partial charge in [-0.3, -0.25) is 9.78 Å². The molecule has 7 heteroatoms. The van der Waals surface area contributed by atoms with Gasteiger partial charge in [0.15, 0.2) is 5.65 Å². The van der Waals surface area contributed by atoms with Gasteiger partial charge in [0, 0.05) is 0 Å². The molecule has 0 spiro atoms. The van der Waals surface area contributed by atoms with Crippen molar-refractivity contribution in [2.24, 2.45) is 0 Å². The number of hydrogen-bond donors (Lipinski definition) is 2. The summed E-state index contributed by atoms with van der Waals surface area (Å²) in [7, 11) is 1.69. The van der Waals surface area contributed by atoms with Crippen LogP contribution >= 0.6 is 0 Å². The summed E-state index contributed by atoms with van der Waals surface area (Å²) in [4.78, 5) is 19.9. The van der Waals surface area contributed by atoms with E-state index in [-0.39, 0.29) is 17.1 Å². The first-order valence-corrected chi connectivity index (χ1v) is 8.79. The van der Waals surface area contributed by atoms with E-state index >= 15 is 0 Å². The predicted molar refractivity (Wildman–Crippen MR) is 101 cm³/mol. The zero-order valence-corrected chi connectivity index (χ0v) is 15.5. The van der Waals surface area contributed by atoms with E-state index in [0.717, 1.165) is 18.6 Å². The van der Waals surface area contributed by atoms with Gasteiger partial charge in [-0.1, -0.05) is 12.1 Å². The number of aromatic nitrogens is 4. The molecule has 1 aliphatic carbocycles. The van der Waals surface area contributed by atoms with Gasteiger partial charge in [-0.15, -0.1) is 0 Å². The number of aromatic amines is 1. The SMILES string of the molecule is COc1cccc2c1CCC2Nc1nc2c(cnn2C(C)(C)C)c(=O)[nH]1. The Balaban J connectivity index is 1.73. The molecule has 0 bridgehead atoms. The van der Waals surface area contributed by atoms with Crippen molar-refractivity contribution in [2.45, 2.75) is 45.2 Å². The van der Waals surface area contributed by atoms with Crippen LogP contribution in [0.4, 0.5) is 5.95 Å². The molecular weight excluding hydrogens is 330 g/mol. The zero-order valence-electron chi connectivity index (χ0n) is 15.5. The molecule has 1 aliphatic rings. The minimum absolute atomic E-state index is 0.0895. The van der Waals surface area contributed by atoms with E-state index in [1.54, 1.807) is 18.0 Å². The van der Waals surface area contributed by atoms with E-state index in [1.165, 1.54) is 11.1 Å². The molecule has 2 N–H and O–H groups in total. The van der Waals surface area contributed by atoms with Gasteiger partial charge in [-0.05, 0) is 50.8 Å². The van der Waals surface area contributed by atoms with Crippen LogP contribution in [-0.4, -0.2) is 26.9 Å². The Bertz CT molecular complexity index is 1030. The topological polar surface area (TPSA) is 84.8 Å². The Morgan fingerprint density at radius 3 is 2.88 bits per heavy atom. The fourth-order valence-electron chi connectivity index (χ4n) is 3.60. The third-order valence-electron chi connectivity index (χ3n) is 4.83. The number of nitrogens with one attached hydrogen (secondary N) is 2. The largest absolute Gasteiger partial charge is 0.496 e. The number of nitrogens with zero attached hydrogens (tertiary/aromatic N) is 3. The number of H-pyrrole nitrogens is 1. The lowest BCUT2D eigenvalue weighted by atomic mass is 10.1. The lowest BCUT2D eigenvalue weighted by molar-refractivity contribution is 0.366. The molecule has 0 aliphatic heterocycles. The van der Waals surface area contributed by atoms with Crippen molar-refractivity contribution in [1.82, 2.24) is 19.7 Å². The Hall–Kier alpha value is -2.83. The number of hydrogen-bond acceptors (Lipinski definition) is 5. The van der Waals surface area contributed by atoms with Crippen LogP contribution in [0.3, 0.4) is 0 Å². The zero-order chi connectivity index (χ0) is 18.5. The van der Waals surface area contributed by atoms with E-state index < -0.39 is 0 Å². The molecule has 1 atom stereocenters. The molecule has 3 aromatic rings. The maximum absolute atomic E-state index is 12.5. The third-order valence-corrected chi connectivity index (χ3v) is 4.83. The van der Waals surface area contributed by atoms with Crippen LogP contribution in [0.25, 0.3) is 11.0 Å². The van der Waals surface area contributed by atoms with Crippen LogP contribution in [0.1, 0.15) is 44.4 Å². The van der Waals surface area contributed by atoms with E-state index in [0.29, 0.717) is 17.0 Å². The molecule has 1 unspecified atom stereocenters. The van der Waals surface area contributed by atoms with Crippen molar-refractivity contribution < 1.29 is 4.74 Å². The molecule has 26 heavy (non-hydrogen) atoms. The van der Waals surface area contributed by atoms with E-state index in [4.69, 9.17) is 4.74 Å². The highest BCUT2D eigenvalue weighted by Crippen LogP contribution is 2.38. The highest BCUT2D eigenvalue weighted by Gasteiger charge is 2.26. The summed E-state index contributed by atoms with van der Waals surface area (Å²) in [5, 5.41) is 8.23. The average molecular weight is 353 g/mol. The van der Waals surface area contributed by atoms with Crippen molar-refractivity contribution >= 4 is 17.0 Å². The van der Waals surface area contributed by atoms with E-state index in [9.17, 15) is 4.79 Å². The summed E-state index contributed by atoms with van der Waals surface area (Å²) < 4.78 is 7.25. The van der Waals surface area contributed by atoms with Crippen molar-refractivity contribution in [3.63, 3.8) is 0 Å². The lowest BCUT2D eigenvalue weighted by Gasteiger charge is -2.20. The molecule has 4 rings (SSSR count). The second-order valence-corrected chi connectivity index (χ2v) is 7.64. The van der Waals surface area contributed by atoms with Gasteiger partial charge >= 0.3 is 0 Å². The summed E-state index contributed by atoms with van der Waals surface area (Å²) in [6.07, 6.45) is 3.44. The Morgan fingerprint density at radius 2 is 2.15 bits per heavy atom. The summed E-state index contributed by atoms with van der Waals surface area (Å²) in [5.41, 5.74) is 2.56. The van der Waals surface area contributed by atoms with Crippen molar-refractivity contribution in [2.75, 3.05) is 12.4 Å². The Kier molecular flexibility index (Phi) is 3.75. The molecule has 0 radical (unpaired) electrons. The molecule has 7 nitrogen and oxygen atoms in total. The standard InChI is InChI=1S/C19H23N5O2/c1-19(2,3)24-16-13(10-20-24)17(25)23-18(22-16)21-14-9-8-12-11(14)6-5-7-15(12)26-4/h5-7,10,14H,8-9H2,1-4H3,(H2,21,22,23,25). The monoisotopic (exact) mass is 353 g/mol. The summed E-state index contributed by atoms with van der Waals surface area (Å²) in [6.45, 7) is 6.11. The highest BCUT2D eigenvalue weighted by molar-refractivity contribution is 5.74. The molecule has 0 amide bonds. The van der Waals surface area contributed by atoms with Gasteiger partial charge in [0.05, 0.1) is 24.9 Å². The quantitative estimate of drug-likeness (QED) is 0.756. The number of rotatable bonds is 3. The number of fused-ring (bicyclic) bond motifs is 2. The maximum atomic E-state index is 12.5. The summed E-state index contributed by atoms with van der Waals surface area (Å²) in [6, 6.07) is 6.16. The lowest BCUT2D eigenvalue weighted by Crippen LogP contribution is -2.24. The molecule has 0 fully saturated rings. The summed E-state index contributed by atoms with van der Waals surface area (Å²) >= 11 is 0. The molecule has 2 aromatic heterocycles. The first kappa shape index (κ1) is 16.6. The Morgan fingerprint density at radius 1 is 1.35 bits per heavy atom. The van der Waals surface area contributed by atoms with Crippen molar-refractivity contribution in [3.8, 4) is 5.75 Å². The number of methoxy groups -OCH3 is 1. The first-order valence-electron chi connectivity index (χ1n) is 8.79. The maximum Gasteiger partial charge on any atom is 0.263 e. The van der Waals surface area contributed by atoms with Gasteiger partial charge in [0.1, 0.15) is 11.1 Å². The number of anilines is 1. The van der Waals surface area contributed by atoms with E-state index in [1.807, 2.05) is 32.9 Å². The number of benzene rings is 1. The average Bonchev–Trinajstić information content (AvgIpc) is 3.19. The van der Waals surface area contributed by atoms with Gasteiger partial charge in [-0.25, -0.2) is 4.68 Å². The van der Waals surface area contributed by atoms with Crippen LogP contribution in [0, 0.1) is 0 Å². The smallest absolute Gasteiger partial charge is 0.263 e. The molecule has 2 heterocycles. The second kappa shape index (κ2) is 5.86. The van der Waals surface area contributed by atoms with E-state index in [2.05, 4.69) is 26.4 Å². The van der Waals surface area contributed by atoms with Gasteiger partial charge < -0.3 is 10.1 Å².